The SMILES string of the molecule is C[C@@H](OC(=O)CCCCCNC(N)=O)C(=O)Nc1ccccc1OC(F)F. The predicted octanol–water partition coefficient (Wildman–Crippen LogP) is 2.39. The van der Waals surface area contributed by atoms with E-state index >= 15 is 0 Å². The van der Waals surface area contributed by atoms with Crippen LogP contribution in [0.25, 0.3) is 0 Å². The number of alkyl halides is 2. The van der Waals surface area contributed by atoms with Gasteiger partial charge in [-0.3, -0.25) is 9.59 Å². The first-order valence-electron chi connectivity index (χ1n) is 8.37. The molecule has 150 valence electrons. The lowest BCUT2D eigenvalue weighted by molar-refractivity contribution is -0.153. The molecule has 0 saturated heterocycles. The fourth-order valence-electron chi connectivity index (χ4n) is 2.10. The van der Waals surface area contributed by atoms with Gasteiger partial charge in [-0.25, -0.2) is 4.79 Å². The first-order chi connectivity index (χ1) is 12.8. The Morgan fingerprint density at radius 2 is 1.85 bits per heavy atom. The van der Waals surface area contributed by atoms with E-state index in [1.165, 1.54) is 31.2 Å². The maximum atomic E-state index is 12.4. The largest absolute Gasteiger partial charge is 0.453 e. The summed E-state index contributed by atoms with van der Waals surface area (Å²) in [4.78, 5) is 34.3. The molecule has 0 unspecified atom stereocenters. The van der Waals surface area contributed by atoms with Gasteiger partial charge in [-0.2, -0.15) is 8.78 Å². The third kappa shape index (κ3) is 9.38. The van der Waals surface area contributed by atoms with Crippen molar-refractivity contribution < 1.29 is 32.6 Å². The van der Waals surface area contributed by atoms with Gasteiger partial charge in [0.05, 0.1) is 5.69 Å². The number of carbonyl (C=O) groups is 3. The van der Waals surface area contributed by atoms with Crippen LogP contribution in [0, 0.1) is 0 Å². The van der Waals surface area contributed by atoms with Crippen LogP contribution in [0.5, 0.6) is 5.75 Å². The number of nitrogens with one attached hydrogen (secondary N) is 2. The lowest BCUT2D eigenvalue weighted by atomic mass is 10.2. The number of benzene rings is 1. The Morgan fingerprint density at radius 3 is 2.52 bits per heavy atom. The quantitative estimate of drug-likeness (QED) is 0.398. The van der Waals surface area contributed by atoms with Crippen LogP contribution in [0.15, 0.2) is 24.3 Å². The van der Waals surface area contributed by atoms with Crippen LogP contribution >= 0.6 is 0 Å². The summed E-state index contributed by atoms with van der Waals surface area (Å²) in [6.45, 7) is -1.24. The van der Waals surface area contributed by atoms with Crippen molar-refractivity contribution in [1.29, 1.82) is 0 Å². The number of esters is 1. The Balaban J connectivity index is 2.37. The van der Waals surface area contributed by atoms with Gasteiger partial charge in [0.25, 0.3) is 5.91 Å². The molecule has 0 heterocycles. The van der Waals surface area contributed by atoms with Crippen molar-refractivity contribution in [3.8, 4) is 5.75 Å². The molecule has 1 rings (SSSR count). The van der Waals surface area contributed by atoms with E-state index in [-0.39, 0.29) is 17.9 Å². The fraction of sp³-hybridized carbons (Fsp3) is 0.471. The van der Waals surface area contributed by atoms with Gasteiger partial charge in [0.15, 0.2) is 6.10 Å². The van der Waals surface area contributed by atoms with Crippen molar-refractivity contribution in [1.82, 2.24) is 5.32 Å². The minimum atomic E-state index is -3.03. The van der Waals surface area contributed by atoms with Gasteiger partial charge >= 0.3 is 18.6 Å². The van der Waals surface area contributed by atoms with Crippen LogP contribution in [0.4, 0.5) is 19.3 Å². The molecule has 0 spiro atoms. The average molecular weight is 387 g/mol. The molecule has 1 aromatic carbocycles. The number of unbranched alkanes of at least 4 members (excludes halogenated alkanes) is 2. The summed E-state index contributed by atoms with van der Waals surface area (Å²) in [5, 5.41) is 4.82. The molecule has 27 heavy (non-hydrogen) atoms. The molecule has 0 saturated carbocycles. The summed E-state index contributed by atoms with van der Waals surface area (Å²) in [6, 6.07) is 5.10. The van der Waals surface area contributed by atoms with Crippen molar-refractivity contribution in [3.63, 3.8) is 0 Å². The monoisotopic (exact) mass is 387 g/mol. The van der Waals surface area contributed by atoms with Gasteiger partial charge in [0.2, 0.25) is 0 Å². The predicted molar refractivity (Wildman–Crippen MR) is 93.3 cm³/mol. The molecule has 0 aliphatic heterocycles. The minimum absolute atomic E-state index is 0.0487. The van der Waals surface area contributed by atoms with E-state index in [4.69, 9.17) is 10.5 Å². The van der Waals surface area contributed by atoms with E-state index in [9.17, 15) is 23.2 Å². The number of rotatable bonds is 11. The second kappa shape index (κ2) is 11.7. The number of ether oxygens (including phenoxy) is 2. The lowest BCUT2D eigenvalue weighted by Gasteiger charge is -2.15. The van der Waals surface area contributed by atoms with E-state index in [0.29, 0.717) is 25.8 Å². The van der Waals surface area contributed by atoms with Crippen molar-refractivity contribution in [3.05, 3.63) is 24.3 Å². The van der Waals surface area contributed by atoms with E-state index in [0.717, 1.165) is 0 Å². The lowest BCUT2D eigenvalue weighted by Crippen LogP contribution is -2.30. The number of carbonyl (C=O) groups excluding carboxylic acids is 3. The number of halogens is 2. The first-order valence-corrected chi connectivity index (χ1v) is 8.37. The van der Waals surface area contributed by atoms with E-state index in [1.807, 2.05) is 0 Å². The Kier molecular flexibility index (Phi) is 9.55. The van der Waals surface area contributed by atoms with Gasteiger partial charge in [0.1, 0.15) is 5.75 Å². The first kappa shape index (κ1) is 22.1. The molecule has 0 aromatic heterocycles. The Bertz CT molecular complexity index is 643. The fourth-order valence-corrected chi connectivity index (χ4v) is 2.10. The second-order valence-corrected chi connectivity index (χ2v) is 5.60. The number of hydrogen-bond acceptors (Lipinski definition) is 5. The van der Waals surface area contributed by atoms with Crippen LogP contribution in [0.1, 0.15) is 32.6 Å². The van der Waals surface area contributed by atoms with Crippen molar-refractivity contribution in [2.75, 3.05) is 11.9 Å². The normalized spacial score (nSPS) is 11.6. The molecule has 8 nitrogen and oxygen atoms in total. The number of primary amides is 1. The maximum Gasteiger partial charge on any atom is 0.387 e. The van der Waals surface area contributed by atoms with Crippen LogP contribution in [0.2, 0.25) is 0 Å². The van der Waals surface area contributed by atoms with Gasteiger partial charge in [-0.15, -0.1) is 0 Å². The van der Waals surface area contributed by atoms with Crippen LogP contribution in [-0.4, -0.2) is 37.2 Å². The van der Waals surface area contributed by atoms with Crippen LogP contribution in [0.3, 0.4) is 0 Å². The zero-order chi connectivity index (χ0) is 20.2. The summed E-state index contributed by atoms with van der Waals surface area (Å²) in [5.41, 5.74) is 4.97. The summed E-state index contributed by atoms with van der Waals surface area (Å²) in [6.07, 6.45) is 0.869. The topological polar surface area (TPSA) is 120 Å². The molecule has 3 amide bonds. The summed E-state index contributed by atoms with van der Waals surface area (Å²) in [7, 11) is 0. The third-order valence-electron chi connectivity index (χ3n) is 3.40. The molecule has 0 radical (unpaired) electrons. The van der Waals surface area contributed by atoms with Gasteiger partial charge < -0.3 is 25.8 Å². The summed E-state index contributed by atoms with van der Waals surface area (Å²) >= 11 is 0. The summed E-state index contributed by atoms with van der Waals surface area (Å²) < 4.78 is 34.1. The van der Waals surface area contributed by atoms with E-state index in [2.05, 4.69) is 15.4 Å². The van der Waals surface area contributed by atoms with E-state index in [1.54, 1.807) is 0 Å². The smallest absolute Gasteiger partial charge is 0.387 e. The molecule has 1 aromatic rings. The number of nitrogens with two attached hydrogens (primary N) is 1. The Hall–Kier alpha value is -2.91. The molecule has 1 atom stereocenters. The van der Waals surface area contributed by atoms with Crippen molar-refractivity contribution >= 4 is 23.6 Å². The number of hydrogen-bond donors (Lipinski definition) is 3. The number of urea groups is 1. The molecule has 0 aliphatic rings. The van der Waals surface area contributed by atoms with Crippen molar-refractivity contribution in [2.45, 2.75) is 45.3 Å². The molecule has 0 aliphatic carbocycles. The van der Waals surface area contributed by atoms with Crippen LogP contribution in [-0.2, 0) is 14.3 Å². The maximum absolute atomic E-state index is 12.4. The molecule has 4 N–H and O–H groups in total. The molecule has 0 bridgehead atoms. The van der Waals surface area contributed by atoms with Crippen LogP contribution < -0.4 is 21.1 Å². The minimum Gasteiger partial charge on any atom is -0.453 e. The molecular weight excluding hydrogens is 364 g/mol. The standard InChI is InChI=1S/C17H23F2N3O5/c1-11(26-14(23)9-3-2-6-10-21-17(20)25)15(24)22-12-7-4-5-8-13(12)27-16(18)19/h4-5,7-8,11,16H,2-3,6,9-10H2,1H3,(H,22,24)(H3,20,21,25)/t11-/m1/s1. The number of anilines is 1. The molecular formula is C17H23F2N3O5. The summed E-state index contributed by atoms with van der Waals surface area (Å²) in [5.74, 6) is -1.42. The zero-order valence-corrected chi connectivity index (χ0v) is 14.9. The highest BCUT2D eigenvalue weighted by molar-refractivity contribution is 5.96. The van der Waals surface area contributed by atoms with Crippen molar-refractivity contribution in [2.24, 2.45) is 5.73 Å². The Morgan fingerprint density at radius 1 is 1.15 bits per heavy atom. The highest BCUT2D eigenvalue weighted by atomic mass is 19.3. The van der Waals surface area contributed by atoms with Gasteiger partial charge in [-0.1, -0.05) is 18.6 Å². The Labute approximate surface area is 155 Å². The number of amides is 3. The molecule has 0 fully saturated rings. The average Bonchev–Trinajstić information content (AvgIpc) is 2.58. The van der Waals surface area contributed by atoms with E-state index < -0.39 is 30.6 Å². The molecule has 10 heteroatoms. The van der Waals surface area contributed by atoms with Gasteiger partial charge in [-0.05, 0) is 31.9 Å². The highest BCUT2D eigenvalue weighted by Gasteiger charge is 2.19. The zero-order valence-electron chi connectivity index (χ0n) is 14.9. The highest BCUT2D eigenvalue weighted by Crippen LogP contribution is 2.25. The third-order valence-corrected chi connectivity index (χ3v) is 3.40. The number of para-hydroxylation sites is 2. The second-order valence-electron chi connectivity index (χ2n) is 5.60. The van der Waals surface area contributed by atoms with Gasteiger partial charge in [0, 0.05) is 13.0 Å².